The molecule has 0 atom stereocenters. The second-order valence-corrected chi connectivity index (χ2v) is 5.31. The number of hydrogen-bond donors (Lipinski definition) is 0. The van der Waals surface area contributed by atoms with Gasteiger partial charge in [0.15, 0.2) is 0 Å². The number of ether oxygens (including phenoxy) is 1. The van der Waals surface area contributed by atoms with E-state index >= 15 is 0 Å². The van der Waals surface area contributed by atoms with Gasteiger partial charge in [-0.25, -0.2) is 4.98 Å². The van der Waals surface area contributed by atoms with Crippen molar-refractivity contribution in [3.05, 3.63) is 21.9 Å². The molecule has 3 nitrogen and oxygen atoms in total. The van der Waals surface area contributed by atoms with Gasteiger partial charge in [-0.2, -0.15) is 0 Å². The van der Waals surface area contributed by atoms with Crippen LogP contribution in [0.25, 0.3) is 0 Å². The van der Waals surface area contributed by atoms with E-state index in [1.807, 2.05) is 18.3 Å². The molecule has 4 heteroatoms. The fourth-order valence-electron chi connectivity index (χ4n) is 1.53. The highest BCUT2D eigenvalue weighted by Crippen LogP contribution is 2.10. The van der Waals surface area contributed by atoms with Gasteiger partial charge in [-0.3, -0.25) is 0 Å². The topological polar surface area (TPSA) is 25.1 Å². The largest absolute Gasteiger partial charge is 0.478 e. The van der Waals surface area contributed by atoms with Crippen LogP contribution in [0.4, 0.5) is 0 Å². The molecular formula is C12H17IN2O. The third kappa shape index (κ3) is 4.65. The van der Waals surface area contributed by atoms with Crippen molar-refractivity contribution in [2.45, 2.75) is 19.3 Å². The van der Waals surface area contributed by atoms with E-state index in [9.17, 15) is 0 Å². The van der Waals surface area contributed by atoms with Gasteiger partial charge in [-0.15, -0.1) is 0 Å². The van der Waals surface area contributed by atoms with E-state index < -0.39 is 0 Å². The molecule has 1 saturated heterocycles. The first kappa shape index (κ1) is 12.1. The molecule has 0 aliphatic carbocycles. The number of aromatic nitrogens is 1. The quantitative estimate of drug-likeness (QED) is 0.436. The molecule has 1 aliphatic rings. The summed E-state index contributed by atoms with van der Waals surface area (Å²) < 4.78 is 6.70. The summed E-state index contributed by atoms with van der Waals surface area (Å²) in [5.74, 6) is 0.742. The van der Waals surface area contributed by atoms with Crippen molar-refractivity contribution < 1.29 is 4.74 Å². The Bertz CT molecular complexity index is 311. The van der Waals surface area contributed by atoms with Crippen LogP contribution in [0.3, 0.4) is 0 Å². The molecule has 1 aromatic heterocycles. The lowest BCUT2D eigenvalue weighted by Crippen LogP contribution is -2.02. The zero-order chi connectivity index (χ0) is 11.2. The maximum absolute atomic E-state index is 5.56. The van der Waals surface area contributed by atoms with Crippen LogP contribution < -0.4 is 4.74 Å². The number of hydrogen-bond acceptors (Lipinski definition) is 3. The van der Waals surface area contributed by atoms with Crippen molar-refractivity contribution in [1.82, 2.24) is 9.88 Å². The zero-order valence-corrected chi connectivity index (χ0v) is 11.5. The Morgan fingerprint density at radius 1 is 1.25 bits per heavy atom. The van der Waals surface area contributed by atoms with Gasteiger partial charge in [0.2, 0.25) is 5.88 Å². The van der Waals surface area contributed by atoms with Crippen LogP contribution in [-0.4, -0.2) is 36.1 Å². The third-order valence-corrected chi connectivity index (χ3v) is 3.25. The lowest BCUT2D eigenvalue weighted by atomic mass is 10.2. The summed E-state index contributed by atoms with van der Waals surface area (Å²) in [7, 11) is 0. The molecular weight excluding hydrogens is 315 g/mol. The molecule has 0 unspecified atom stereocenters. The molecule has 0 radical (unpaired) electrons. The number of halogens is 1. The molecule has 1 aliphatic heterocycles. The molecule has 0 aromatic carbocycles. The molecule has 2 heterocycles. The molecule has 0 N–H and O–H groups in total. The predicted octanol–water partition coefficient (Wildman–Crippen LogP) is 2.55. The molecule has 16 heavy (non-hydrogen) atoms. The summed E-state index contributed by atoms with van der Waals surface area (Å²) in [6, 6.07) is 3.95. The Morgan fingerprint density at radius 3 is 2.81 bits per heavy atom. The molecule has 0 saturated carbocycles. The van der Waals surface area contributed by atoms with Gasteiger partial charge in [0, 0.05) is 28.9 Å². The highest BCUT2D eigenvalue weighted by atomic mass is 127. The van der Waals surface area contributed by atoms with Crippen molar-refractivity contribution >= 4 is 22.6 Å². The third-order valence-electron chi connectivity index (χ3n) is 2.61. The summed E-state index contributed by atoms with van der Waals surface area (Å²) in [5, 5.41) is 0. The Balaban J connectivity index is 1.51. The molecule has 88 valence electrons. The van der Waals surface area contributed by atoms with Crippen molar-refractivity contribution in [2.24, 2.45) is 0 Å². The lowest BCUT2D eigenvalue weighted by Gasteiger charge is -2.05. The first-order valence-corrected chi connectivity index (χ1v) is 6.89. The zero-order valence-electron chi connectivity index (χ0n) is 9.36. The number of rotatable bonds is 7. The Kier molecular flexibility index (Phi) is 4.84. The van der Waals surface area contributed by atoms with E-state index in [0.717, 1.165) is 22.5 Å². The molecule has 0 spiro atoms. The molecule has 0 amide bonds. The SMILES string of the molecule is Ic1ccc(OCCCCCN2CC2)nc1. The van der Waals surface area contributed by atoms with Crippen LogP contribution in [0.2, 0.25) is 0 Å². The van der Waals surface area contributed by atoms with Gasteiger partial charge in [0.25, 0.3) is 0 Å². The molecule has 0 bridgehead atoms. The highest BCUT2D eigenvalue weighted by Gasteiger charge is 2.15. The number of unbranched alkanes of at least 4 members (excludes halogenated alkanes) is 2. The number of nitrogens with zero attached hydrogens (tertiary/aromatic N) is 2. The smallest absolute Gasteiger partial charge is 0.213 e. The minimum Gasteiger partial charge on any atom is -0.478 e. The summed E-state index contributed by atoms with van der Waals surface area (Å²) in [6.07, 6.45) is 5.50. The van der Waals surface area contributed by atoms with Gasteiger partial charge in [0.1, 0.15) is 0 Å². The average molecular weight is 332 g/mol. The first-order valence-electron chi connectivity index (χ1n) is 5.81. The normalized spacial score (nSPS) is 15.1. The molecule has 1 fully saturated rings. The van der Waals surface area contributed by atoms with Crippen molar-refractivity contribution in [1.29, 1.82) is 0 Å². The van der Waals surface area contributed by atoms with Crippen molar-refractivity contribution in [2.75, 3.05) is 26.2 Å². The molecule has 1 aromatic rings. The van der Waals surface area contributed by atoms with E-state index in [1.54, 1.807) is 0 Å². The van der Waals surface area contributed by atoms with E-state index in [1.165, 1.54) is 32.5 Å². The maximum Gasteiger partial charge on any atom is 0.213 e. The summed E-state index contributed by atoms with van der Waals surface area (Å²) in [5.41, 5.74) is 0. The summed E-state index contributed by atoms with van der Waals surface area (Å²) in [6.45, 7) is 4.67. The van der Waals surface area contributed by atoms with Gasteiger partial charge in [-0.05, 0) is 54.5 Å². The van der Waals surface area contributed by atoms with Crippen LogP contribution in [0, 0.1) is 3.57 Å². The van der Waals surface area contributed by atoms with Crippen LogP contribution in [0.5, 0.6) is 5.88 Å². The van der Waals surface area contributed by atoms with Crippen molar-refractivity contribution in [3.63, 3.8) is 0 Å². The Hall–Kier alpha value is -0.360. The van der Waals surface area contributed by atoms with Gasteiger partial charge in [-0.1, -0.05) is 0 Å². The van der Waals surface area contributed by atoms with Crippen LogP contribution in [0.15, 0.2) is 18.3 Å². The fraction of sp³-hybridized carbons (Fsp3) is 0.583. The van der Waals surface area contributed by atoms with E-state index in [2.05, 4.69) is 32.5 Å². The standard InChI is InChI=1S/C12H17IN2O/c13-11-4-5-12(14-10-11)16-9-3-1-2-6-15-7-8-15/h4-5,10H,1-3,6-9H2. The van der Waals surface area contributed by atoms with Gasteiger partial charge in [0.05, 0.1) is 6.61 Å². The first-order chi connectivity index (χ1) is 7.84. The second kappa shape index (κ2) is 6.39. The average Bonchev–Trinajstić information content (AvgIpc) is 3.10. The second-order valence-electron chi connectivity index (χ2n) is 4.07. The minimum absolute atomic E-state index is 0.742. The van der Waals surface area contributed by atoms with E-state index in [0.29, 0.717) is 0 Å². The summed E-state index contributed by atoms with van der Waals surface area (Å²) >= 11 is 2.24. The van der Waals surface area contributed by atoms with Crippen LogP contribution >= 0.6 is 22.6 Å². The number of pyridine rings is 1. The van der Waals surface area contributed by atoms with E-state index in [4.69, 9.17) is 4.74 Å². The van der Waals surface area contributed by atoms with Crippen LogP contribution in [0.1, 0.15) is 19.3 Å². The van der Waals surface area contributed by atoms with Crippen LogP contribution in [-0.2, 0) is 0 Å². The molecule has 2 rings (SSSR count). The highest BCUT2D eigenvalue weighted by molar-refractivity contribution is 14.1. The van der Waals surface area contributed by atoms with Gasteiger partial charge >= 0.3 is 0 Å². The summed E-state index contributed by atoms with van der Waals surface area (Å²) in [4.78, 5) is 6.66. The van der Waals surface area contributed by atoms with E-state index in [-0.39, 0.29) is 0 Å². The Morgan fingerprint density at radius 2 is 2.12 bits per heavy atom. The Labute approximate surface area is 110 Å². The minimum atomic E-state index is 0.742. The monoisotopic (exact) mass is 332 g/mol. The lowest BCUT2D eigenvalue weighted by molar-refractivity contribution is 0.292. The predicted molar refractivity (Wildman–Crippen MR) is 72.7 cm³/mol. The maximum atomic E-state index is 5.56. The fourth-order valence-corrected chi connectivity index (χ4v) is 1.85. The van der Waals surface area contributed by atoms with Crippen molar-refractivity contribution in [3.8, 4) is 5.88 Å². The van der Waals surface area contributed by atoms with Gasteiger partial charge < -0.3 is 9.64 Å².